The van der Waals surface area contributed by atoms with Crippen LogP contribution in [0, 0.1) is 0 Å². The van der Waals surface area contributed by atoms with Gasteiger partial charge in [0.1, 0.15) is 5.82 Å². The first kappa shape index (κ1) is 11.9. The summed E-state index contributed by atoms with van der Waals surface area (Å²) in [6, 6.07) is 4.14. The van der Waals surface area contributed by atoms with E-state index < -0.39 is 0 Å². The Bertz CT molecular complexity index is 475. The molecule has 0 unspecified atom stereocenters. The summed E-state index contributed by atoms with van der Waals surface area (Å²) in [7, 11) is 0. The van der Waals surface area contributed by atoms with Crippen molar-refractivity contribution in [1.29, 1.82) is 0 Å². The summed E-state index contributed by atoms with van der Waals surface area (Å²) in [4.78, 5) is 5.61. The van der Waals surface area contributed by atoms with E-state index in [9.17, 15) is 0 Å². The summed E-state index contributed by atoms with van der Waals surface area (Å²) in [6.45, 7) is 2.50. The van der Waals surface area contributed by atoms with E-state index in [-0.39, 0.29) is 6.29 Å². The zero-order valence-electron chi connectivity index (χ0n) is 10.1. The first-order chi connectivity index (χ1) is 8.93. The van der Waals surface area contributed by atoms with Crippen LogP contribution >= 0.6 is 11.3 Å². The number of hydrogen-bond donors (Lipinski definition) is 0. The van der Waals surface area contributed by atoms with Gasteiger partial charge in [-0.1, -0.05) is 6.07 Å². The molecule has 3 rings (SSSR count). The van der Waals surface area contributed by atoms with Crippen LogP contribution in [0.25, 0.3) is 10.7 Å². The lowest BCUT2D eigenvalue weighted by molar-refractivity contribution is -0.182. The average Bonchev–Trinajstić information content (AvgIpc) is 3.08. The second-order valence-corrected chi connectivity index (χ2v) is 5.18. The van der Waals surface area contributed by atoms with Crippen LogP contribution in [-0.2, 0) is 16.0 Å². The van der Waals surface area contributed by atoms with E-state index in [1.807, 2.05) is 18.5 Å². The largest absolute Gasteiger partial charge is 0.353 e. The van der Waals surface area contributed by atoms with E-state index in [0.717, 1.165) is 38.4 Å². The molecule has 0 spiro atoms. The summed E-state index contributed by atoms with van der Waals surface area (Å²) in [5.41, 5.74) is 0. The normalized spacial score (nSPS) is 17.1. The van der Waals surface area contributed by atoms with Crippen molar-refractivity contribution in [1.82, 2.24) is 9.55 Å². The van der Waals surface area contributed by atoms with Crippen LogP contribution < -0.4 is 0 Å². The molecule has 0 saturated carbocycles. The molecule has 0 radical (unpaired) electrons. The van der Waals surface area contributed by atoms with Crippen LogP contribution in [0.5, 0.6) is 0 Å². The summed E-state index contributed by atoms with van der Waals surface area (Å²) < 4.78 is 13.3. The van der Waals surface area contributed by atoms with Crippen LogP contribution in [0.15, 0.2) is 29.9 Å². The minimum atomic E-state index is -0.0580. The third-order valence-electron chi connectivity index (χ3n) is 2.96. The molecule has 1 saturated heterocycles. The van der Waals surface area contributed by atoms with Gasteiger partial charge in [0.15, 0.2) is 6.29 Å². The molecular weight excluding hydrogens is 248 g/mol. The molecule has 3 heterocycles. The molecular formula is C13H16N2O2S. The summed E-state index contributed by atoms with van der Waals surface area (Å²) >= 11 is 1.71. The third-order valence-corrected chi connectivity index (χ3v) is 3.82. The fourth-order valence-electron chi connectivity index (χ4n) is 2.07. The first-order valence-corrected chi connectivity index (χ1v) is 7.09. The number of ether oxygens (including phenoxy) is 2. The number of rotatable bonds is 4. The Morgan fingerprint density at radius 3 is 3.06 bits per heavy atom. The number of aryl methyl sites for hydroxylation is 1. The Balaban J connectivity index is 1.64. The van der Waals surface area contributed by atoms with Crippen molar-refractivity contribution in [3.05, 3.63) is 29.9 Å². The van der Waals surface area contributed by atoms with Crippen molar-refractivity contribution in [2.24, 2.45) is 0 Å². The molecule has 0 aliphatic carbocycles. The van der Waals surface area contributed by atoms with Gasteiger partial charge in [-0.3, -0.25) is 0 Å². The summed E-state index contributed by atoms with van der Waals surface area (Å²) in [5.74, 6) is 1.03. The quantitative estimate of drug-likeness (QED) is 0.852. The first-order valence-electron chi connectivity index (χ1n) is 6.22. The van der Waals surface area contributed by atoms with Gasteiger partial charge in [0.2, 0.25) is 0 Å². The number of imidazole rings is 1. The standard InChI is InChI=1S/C13H16N2O2S/c1-3-11(18-10-1)13-14-5-7-15(13)6-4-12-16-8-2-9-17-12/h1,3,5,7,10,12H,2,4,6,8-9H2. The molecule has 1 aliphatic rings. The molecule has 1 aliphatic heterocycles. The van der Waals surface area contributed by atoms with Crippen LogP contribution in [0.1, 0.15) is 12.8 Å². The predicted molar refractivity (Wildman–Crippen MR) is 70.5 cm³/mol. The minimum absolute atomic E-state index is 0.0580. The lowest BCUT2D eigenvalue weighted by atomic mass is 10.3. The second-order valence-electron chi connectivity index (χ2n) is 4.23. The average molecular weight is 264 g/mol. The number of thiophene rings is 1. The van der Waals surface area contributed by atoms with Gasteiger partial charge in [-0.05, 0) is 17.9 Å². The number of hydrogen-bond acceptors (Lipinski definition) is 4. The van der Waals surface area contributed by atoms with Crippen LogP contribution in [-0.4, -0.2) is 29.1 Å². The molecule has 96 valence electrons. The maximum absolute atomic E-state index is 5.55. The fourth-order valence-corrected chi connectivity index (χ4v) is 2.80. The molecule has 0 bridgehead atoms. The van der Waals surface area contributed by atoms with Crippen molar-refractivity contribution < 1.29 is 9.47 Å². The second kappa shape index (κ2) is 5.65. The third kappa shape index (κ3) is 2.63. The molecule has 4 nitrogen and oxygen atoms in total. The molecule has 1 fully saturated rings. The van der Waals surface area contributed by atoms with E-state index in [2.05, 4.69) is 21.0 Å². The van der Waals surface area contributed by atoms with Crippen LogP contribution in [0.2, 0.25) is 0 Å². The van der Waals surface area contributed by atoms with E-state index >= 15 is 0 Å². The fraction of sp³-hybridized carbons (Fsp3) is 0.462. The zero-order chi connectivity index (χ0) is 12.2. The van der Waals surface area contributed by atoms with Crippen LogP contribution in [0.3, 0.4) is 0 Å². The molecule has 0 N–H and O–H groups in total. The van der Waals surface area contributed by atoms with E-state index in [0.29, 0.717) is 0 Å². The SMILES string of the molecule is c1csc(-c2nccn2CCC2OCCCO2)c1. The molecule has 5 heteroatoms. The van der Waals surface area contributed by atoms with Gasteiger partial charge >= 0.3 is 0 Å². The van der Waals surface area contributed by atoms with Gasteiger partial charge in [-0.2, -0.15) is 0 Å². The predicted octanol–water partition coefficient (Wildman–Crippen LogP) is 2.76. The van der Waals surface area contributed by atoms with E-state index in [1.54, 1.807) is 11.3 Å². The van der Waals surface area contributed by atoms with Gasteiger partial charge in [0.05, 0.1) is 18.1 Å². The van der Waals surface area contributed by atoms with E-state index in [1.165, 1.54) is 4.88 Å². The number of nitrogens with zero attached hydrogens (tertiary/aromatic N) is 2. The Hall–Kier alpha value is -1.17. The maximum atomic E-state index is 5.55. The van der Waals surface area contributed by atoms with Crippen LogP contribution in [0.4, 0.5) is 0 Å². The minimum Gasteiger partial charge on any atom is -0.353 e. The zero-order valence-corrected chi connectivity index (χ0v) is 10.9. The Kier molecular flexibility index (Phi) is 3.73. The summed E-state index contributed by atoms with van der Waals surface area (Å²) in [5, 5.41) is 2.07. The highest BCUT2D eigenvalue weighted by molar-refractivity contribution is 7.13. The lowest BCUT2D eigenvalue weighted by Gasteiger charge is -2.23. The topological polar surface area (TPSA) is 36.3 Å². The maximum Gasteiger partial charge on any atom is 0.159 e. The highest BCUT2D eigenvalue weighted by Crippen LogP contribution is 2.23. The van der Waals surface area contributed by atoms with Gasteiger partial charge < -0.3 is 14.0 Å². The van der Waals surface area contributed by atoms with Gasteiger partial charge in [-0.25, -0.2) is 4.98 Å². The van der Waals surface area contributed by atoms with Gasteiger partial charge in [-0.15, -0.1) is 11.3 Å². The van der Waals surface area contributed by atoms with Crippen molar-refractivity contribution in [2.75, 3.05) is 13.2 Å². The molecule has 18 heavy (non-hydrogen) atoms. The molecule has 0 amide bonds. The van der Waals surface area contributed by atoms with Gasteiger partial charge in [0, 0.05) is 25.4 Å². The van der Waals surface area contributed by atoms with Crippen molar-refractivity contribution in [3.8, 4) is 10.7 Å². The molecule has 2 aromatic heterocycles. The summed E-state index contributed by atoms with van der Waals surface area (Å²) in [6.07, 6.45) is 5.67. The van der Waals surface area contributed by atoms with Gasteiger partial charge in [0.25, 0.3) is 0 Å². The van der Waals surface area contributed by atoms with Crippen molar-refractivity contribution in [3.63, 3.8) is 0 Å². The smallest absolute Gasteiger partial charge is 0.159 e. The van der Waals surface area contributed by atoms with Crippen molar-refractivity contribution >= 4 is 11.3 Å². The number of aromatic nitrogens is 2. The highest BCUT2D eigenvalue weighted by atomic mass is 32.1. The molecule has 2 aromatic rings. The van der Waals surface area contributed by atoms with Crippen molar-refractivity contribution in [2.45, 2.75) is 25.7 Å². The Labute approximate surface area is 110 Å². The lowest BCUT2D eigenvalue weighted by Crippen LogP contribution is -2.26. The van der Waals surface area contributed by atoms with E-state index in [4.69, 9.17) is 9.47 Å². The Morgan fingerprint density at radius 1 is 1.39 bits per heavy atom. The Morgan fingerprint density at radius 2 is 2.28 bits per heavy atom. The highest BCUT2D eigenvalue weighted by Gasteiger charge is 2.15. The molecule has 0 atom stereocenters. The monoisotopic (exact) mass is 264 g/mol. The molecule has 0 aromatic carbocycles.